The van der Waals surface area contributed by atoms with Crippen molar-refractivity contribution in [2.45, 2.75) is 30.8 Å². The molecule has 5 nitrogen and oxygen atoms in total. The molecule has 1 fully saturated rings. The van der Waals surface area contributed by atoms with Crippen LogP contribution in [0.3, 0.4) is 0 Å². The molecule has 0 amide bonds. The summed E-state index contributed by atoms with van der Waals surface area (Å²) in [5.41, 5.74) is 3.12. The van der Waals surface area contributed by atoms with Crippen LogP contribution in [-0.2, 0) is 9.92 Å². The lowest BCUT2D eigenvalue weighted by Gasteiger charge is -2.31. The SMILES string of the molecule is CN=S(=O)(c1cccc(-c2ccc3nc(C)sc3c2)c1)N1CCC(O)CC1. The van der Waals surface area contributed by atoms with Crippen molar-refractivity contribution in [2.75, 3.05) is 20.1 Å². The van der Waals surface area contributed by atoms with Gasteiger partial charge in [0.15, 0.2) is 0 Å². The zero-order valence-corrected chi connectivity index (χ0v) is 17.1. The fourth-order valence-electron chi connectivity index (χ4n) is 3.52. The van der Waals surface area contributed by atoms with Crippen molar-refractivity contribution in [2.24, 2.45) is 4.36 Å². The summed E-state index contributed by atoms with van der Waals surface area (Å²) in [7, 11) is -1.04. The van der Waals surface area contributed by atoms with Crippen molar-refractivity contribution >= 4 is 31.5 Å². The smallest absolute Gasteiger partial charge is 0.139 e. The Balaban J connectivity index is 1.73. The maximum atomic E-state index is 13.7. The third kappa shape index (κ3) is 3.52. The zero-order chi connectivity index (χ0) is 19.0. The fraction of sp³-hybridized carbons (Fsp3) is 0.350. The number of hydrogen-bond donors (Lipinski definition) is 1. The largest absolute Gasteiger partial charge is 0.393 e. The zero-order valence-electron chi connectivity index (χ0n) is 15.5. The highest BCUT2D eigenvalue weighted by molar-refractivity contribution is 7.91. The number of hydrogen-bond acceptors (Lipinski definition) is 5. The molecule has 1 N–H and O–H groups in total. The molecule has 3 aromatic rings. The van der Waals surface area contributed by atoms with Crippen molar-refractivity contribution in [1.29, 1.82) is 0 Å². The molecule has 0 radical (unpaired) electrons. The molecule has 0 saturated carbocycles. The van der Waals surface area contributed by atoms with Gasteiger partial charge in [0.1, 0.15) is 9.92 Å². The Kier molecular flexibility index (Phi) is 5.03. The lowest BCUT2D eigenvalue weighted by atomic mass is 10.1. The van der Waals surface area contributed by atoms with E-state index in [4.69, 9.17) is 0 Å². The number of rotatable bonds is 3. The van der Waals surface area contributed by atoms with Crippen LogP contribution in [0.2, 0.25) is 0 Å². The molecule has 1 aromatic heterocycles. The second-order valence-corrected chi connectivity index (χ2v) is 10.4. The average Bonchev–Trinajstić information content (AvgIpc) is 3.07. The van der Waals surface area contributed by atoms with Gasteiger partial charge in [0.25, 0.3) is 0 Å². The Bertz CT molecular complexity index is 1090. The van der Waals surface area contributed by atoms with E-state index in [0.29, 0.717) is 25.9 Å². The van der Waals surface area contributed by atoms with Gasteiger partial charge in [0, 0.05) is 20.1 Å². The number of aliphatic hydroxyl groups is 1. The van der Waals surface area contributed by atoms with Gasteiger partial charge in [-0.3, -0.25) is 0 Å². The molecule has 1 saturated heterocycles. The summed E-state index contributed by atoms with van der Waals surface area (Å²) in [5, 5.41) is 10.8. The molecule has 27 heavy (non-hydrogen) atoms. The number of aromatic nitrogens is 1. The first-order valence-corrected chi connectivity index (χ1v) is 11.3. The molecule has 1 atom stereocenters. The quantitative estimate of drug-likeness (QED) is 0.718. The topological polar surface area (TPSA) is 65.8 Å². The molecule has 1 aliphatic heterocycles. The second-order valence-electron chi connectivity index (χ2n) is 6.78. The predicted octanol–water partition coefficient (Wildman–Crippen LogP) is 4.10. The van der Waals surface area contributed by atoms with Gasteiger partial charge in [-0.2, -0.15) is 0 Å². The summed E-state index contributed by atoms with van der Waals surface area (Å²) in [6, 6.07) is 14.1. The Morgan fingerprint density at radius 2 is 1.93 bits per heavy atom. The van der Waals surface area contributed by atoms with E-state index >= 15 is 0 Å². The van der Waals surface area contributed by atoms with Crippen LogP contribution in [0.25, 0.3) is 21.3 Å². The highest BCUT2D eigenvalue weighted by Gasteiger charge is 2.27. The summed E-state index contributed by atoms with van der Waals surface area (Å²) >= 11 is 1.68. The molecule has 142 valence electrons. The van der Waals surface area contributed by atoms with Crippen LogP contribution < -0.4 is 0 Å². The molecule has 2 heterocycles. The Morgan fingerprint density at radius 3 is 2.67 bits per heavy atom. The Morgan fingerprint density at radius 1 is 1.19 bits per heavy atom. The number of nitrogens with zero attached hydrogens (tertiary/aromatic N) is 3. The monoisotopic (exact) mass is 401 g/mol. The first kappa shape index (κ1) is 18.6. The minimum Gasteiger partial charge on any atom is -0.393 e. The van der Waals surface area contributed by atoms with E-state index in [0.717, 1.165) is 31.2 Å². The van der Waals surface area contributed by atoms with Crippen molar-refractivity contribution in [3.8, 4) is 11.1 Å². The lowest BCUT2D eigenvalue weighted by molar-refractivity contribution is 0.114. The number of benzene rings is 2. The summed E-state index contributed by atoms with van der Waals surface area (Å²) in [4.78, 5) is 5.24. The van der Waals surface area contributed by atoms with Crippen LogP contribution in [0.1, 0.15) is 17.8 Å². The first-order chi connectivity index (χ1) is 13.0. The molecular formula is C20H23N3O2S2. The van der Waals surface area contributed by atoms with Crippen LogP contribution in [0.15, 0.2) is 51.7 Å². The van der Waals surface area contributed by atoms with E-state index < -0.39 is 9.92 Å². The minimum atomic E-state index is -2.66. The van der Waals surface area contributed by atoms with Crippen LogP contribution >= 0.6 is 11.3 Å². The average molecular weight is 402 g/mol. The second kappa shape index (κ2) is 7.31. The number of aryl methyl sites for hydroxylation is 1. The molecule has 0 bridgehead atoms. The molecule has 2 aromatic carbocycles. The van der Waals surface area contributed by atoms with Gasteiger partial charge in [0.05, 0.1) is 26.2 Å². The van der Waals surface area contributed by atoms with E-state index in [9.17, 15) is 9.32 Å². The van der Waals surface area contributed by atoms with E-state index in [1.807, 2.05) is 41.6 Å². The van der Waals surface area contributed by atoms with E-state index in [2.05, 4.69) is 21.5 Å². The van der Waals surface area contributed by atoms with Crippen LogP contribution in [-0.4, -0.2) is 44.8 Å². The van der Waals surface area contributed by atoms with Crippen molar-refractivity contribution in [3.05, 3.63) is 47.5 Å². The molecular weight excluding hydrogens is 378 g/mol. The van der Waals surface area contributed by atoms with E-state index in [1.54, 1.807) is 18.4 Å². The summed E-state index contributed by atoms with van der Waals surface area (Å²) in [5.74, 6) is 0. The highest BCUT2D eigenvalue weighted by Crippen LogP contribution is 2.31. The highest BCUT2D eigenvalue weighted by atomic mass is 32.2. The molecule has 1 aliphatic rings. The first-order valence-electron chi connectivity index (χ1n) is 9.06. The maximum Gasteiger partial charge on any atom is 0.139 e. The van der Waals surface area contributed by atoms with E-state index in [-0.39, 0.29) is 6.10 Å². The van der Waals surface area contributed by atoms with Crippen molar-refractivity contribution < 1.29 is 9.32 Å². The van der Waals surface area contributed by atoms with Crippen LogP contribution in [0.5, 0.6) is 0 Å². The van der Waals surface area contributed by atoms with Crippen LogP contribution in [0.4, 0.5) is 0 Å². The standard InChI is InChI=1S/C20H23N3O2S2/c1-14-22-19-7-6-16(13-20(19)26-14)15-4-3-5-18(12-15)27(25,21-2)23-10-8-17(24)9-11-23/h3-7,12-13,17,24H,8-11H2,1-2H3. The Labute approximate surface area is 164 Å². The number of fused-ring (bicyclic) bond motifs is 1. The van der Waals surface area contributed by atoms with Gasteiger partial charge in [-0.15, -0.1) is 11.3 Å². The minimum absolute atomic E-state index is 0.303. The molecule has 0 aliphatic carbocycles. The molecule has 0 spiro atoms. The van der Waals surface area contributed by atoms with Crippen LogP contribution in [0, 0.1) is 6.92 Å². The molecule has 7 heteroatoms. The lowest BCUT2D eigenvalue weighted by Crippen LogP contribution is -2.39. The van der Waals surface area contributed by atoms with Crippen molar-refractivity contribution in [3.63, 3.8) is 0 Å². The predicted molar refractivity (Wildman–Crippen MR) is 111 cm³/mol. The van der Waals surface area contributed by atoms with Gasteiger partial charge < -0.3 is 5.11 Å². The number of thiazole rings is 1. The van der Waals surface area contributed by atoms with E-state index in [1.165, 1.54) is 0 Å². The van der Waals surface area contributed by atoms with Gasteiger partial charge in [-0.05, 0) is 55.2 Å². The summed E-state index contributed by atoms with van der Waals surface area (Å²) < 4.78 is 21.0. The Hall–Kier alpha value is -1.80. The van der Waals surface area contributed by atoms with Crippen molar-refractivity contribution in [1.82, 2.24) is 9.29 Å². The van der Waals surface area contributed by atoms with Gasteiger partial charge in [0.2, 0.25) is 0 Å². The molecule has 4 rings (SSSR count). The molecule has 1 unspecified atom stereocenters. The third-order valence-corrected chi connectivity index (χ3v) is 8.35. The normalized spacial score (nSPS) is 18.5. The summed E-state index contributed by atoms with van der Waals surface area (Å²) in [6.45, 7) is 3.19. The number of piperidine rings is 1. The van der Waals surface area contributed by atoms with Gasteiger partial charge >= 0.3 is 0 Å². The number of aliphatic hydroxyl groups excluding tert-OH is 1. The van der Waals surface area contributed by atoms with Gasteiger partial charge in [-0.25, -0.2) is 17.9 Å². The fourth-order valence-corrected chi connectivity index (χ4v) is 6.37. The van der Waals surface area contributed by atoms with Gasteiger partial charge in [-0.1, -0.05) is 18.2 Å². The third-order valence-electron chi connectivity index (χ3n) is 4.99. The maximum absolute atomic E-state index is 13.7. The summed E-state index contributed by atoms with van der Waals surface area (Å²) in [6.07, 6.45) is 0.962.